The van der Waals surface area contributed by atoms with Gasteiger partial charge in [-0.2, -0.15) is 0 Å². The lowest BCUT2D eigenvalue weighted by Gasteiger charge is -2.20. The Hall–Kier alpha value is -2.31. The highest BCUT2D eigenvalue weighted by molar-refractivity contribution is 7.27. The molecule has 0 heterocycles. The summed E-state index contributed by atoms with van der Waals surface area (Å²) >= 11 is 0. The number of nitrogens with zero attached hydrogens (tertiary/aromatic N) is 1. The standard InChI is InChI=1S/C23H27N2P/c1-17-4-9-21(10-5-17)24-15-20-14-19(8-13-23(20)26)16-25(3)22-11-6-18(2)7-12-22/h4-14,24H,15-16,26H2,1-3H3. The Morgan fingerprint density at radius 1 is 0.846 bits per heavy atom. The number of hydrogen-bond acceptors (Lipinski definition) is 2. The number of rotatable bonds is 6. The van der Waals surface area contributed by atoms with E-state index in [4.69, 9.17) is 0 Å². The first kappa shape index (κ1) is 18.5. The third-order valence-corrected chi connectivity index (χ3v) is 5.20. The zero-order valence-corrected chi connectivity index (χ0v) is 16.9. The van der Waals surface area contributed by atoms with Crippen LogP contribution in [0.25, 0.3) is 0 Å². The van der Waals surface area contributed by atoms with Crippen molar-refractivity contribution < 1.29 is 0 Å². The molecule has 3 rings (SSSR count). The van der Waals surface area contributed by atoms with Crippen molar-refractivity contribution in [2.24, 2.45) is 0 Å². The zero-order chi connectivity index (χ0) is 18.5. The van der Waals surface area contributed by atoms with Crippen LogP contribution in [0.3, 0.4) is 0 Å². The van der Waals surface area contributed by atoms with Crippen LogP contribution in [0.4, 0.5) is 11.4 Å². The Balaban J connectivity index is 1.68. The molecule has 0 aliphatic heterocycles. The highest BCUT2D eigenvalue weighted by Crippen LogP contribution is 2.18. The van der Waals surface area contributed by atoms with Crippen molar-refractivity contribution in [1.29, 1.82) is 0 Å². The van der Waals surface area contributed by atoms with E-state index in [-0.39, 0.29) is 0 Å². The number of nitrogens with one attached hydrogen (secondary N) is 1. The smallest absolute Gasteiger partial charge is 0.0426 e. The number of aryl methyl sites for hydroxylation is 2. The van der Waals surface area contributed by atoms with E-state index in [0.29, 0.717) is 0 Å². The first-order valence-corrected chi connectivity index (χ1v) is 9.54. The lowest BCUT2D eigenvalue weighted by Crippen LogP contribution is -2.17. The maximum atomic E-state index is 3.52. The maximum absolute atomic E-state index is 3.52. The average molecular weight is 362 g/mol. The van der Waals surface area contributed by atoms with E-state index >= 15 is 0 Å². The molecule has 0 radical (unpaired) electrons. The number of benzene rings is 3. The molecule has 0 saturated carbocycles. The van der Waals surface area contributed by atoms with Crippen LogP contribution in [0.15, 0.2) is 66.7 Å². The molecule has 1 unspecified atom stereocenters. The van der Waals surface area contributed by atoms with Crippen LogP contribution in [-0.4, -0.2) is 7.05 Å². The summed E-state index contributed by atoms with van der Waals surface area (Å²) in [5, 5.41) is 4.76. The fraction of sp³-hybridized carbons (Fsp3) is 0.217. The molecule has 2 nitrogen and oxygen atoms in total. The van der Waals surface area contributed by atoms with E-state index in [1.54, 1.807) is 0 Å². The van der Waals surface area contributed by atoms with Crippen LogP contribution >= 0.6 is 9.24 Å². The quantitative estimate of drug-likeness (QED) is 0.617. The van der Waals surface area contributed by atoms with E-state index in [1.807, 2.05) is 0 Å². The van der Waals surface area contributed by atoms with Gasteiger partial charge in [0.05, 0.1) is 0 Å². The molecule has 0 aromatic heterocycles. The van der Waals surface area contributed by atoms with Gasteiger partial charge in [0.15, 0.2) is 0 Å². The molecule has 26 heavy (non-hydrogen) atoms. The van der Waals surface area contributed by atoms with Gasteiger partial charge in [-0.15, -0.1) is 9.24 Å². The van der Waals surface area contributed by atoms with Crippen molar-refractivity contribution in [3.63, 3.8) is 0 Å². The lowest BCUT2D eigenvalue weighted by molar-refractivity contribution is 0.920. The minimum Gasteiger partial charge on any atom is -0.381 e. The Morgan fingerprint density at radius 2 is 1.46 bits per heavy atom. The molecule has 0 aliphatic carbocycles. The Labute approximate surface area is 159 Å². The molecule has 1 N–H and O–H groups in total. The van der Waals surface area contributed by atoms with E-state index < -0.39 is 0 Å². The van der Waals surface area contributed by atoms with Gasteiger partial charge >= 0.3 is 0 Å². The molecule has 0 amide bonds. The van der Waals surface area contributed by atoms with Crippen LogP contribution < -0.4 is 15.5 Å². The summed E-state index contributed by atoms with van der Waals surface area (Å²) in [6, 6.07) is 23.9. The molecule has 0 aliphatic rings. The molecule has 0 fully saturated rings. The minimum atomic E-state index is 0.823. The minimum absolute atomic E-state index is 0.823. The SMILES string of the molecule is Cc1ccc(NCc2cc(CN(C)c3ccc(C)cc3)ccc2P)cc1. The summed E-state index contributed by atoms with van der Waals surface area (Å²) in [5.74, 6) is 0. The second-order valence-electron chi connectivity index (χ2n) is 6.94. The first-order chi connectivity index (χ1) is 12.5. The molecule has 3 aromatic rings. The molecule has 0 spiro atoms. The second-order valence-corrected chi connectivity index (χ2v) is 7.57. The third-order valence-electron chi connectivity index (χ3n) is 4.64. The van der Waals surface area contributed by atoms with Gasteiger partial charge in [0.1, 0.15) is 0 Å². The van der Waals surface area contributed by atoms with E-state index in [0.717, 1.165) is 18.8 Å². The van der Waals surface area contributed by atoms with Gasteiger partial charge in [0.2, 0.25) is 0 Å². The normalized spacial score (nSPS) is 10.6. The van der Waals surface area contributed by atoms with Gasteiger partial charge < -0.3 is 10.2 Å². The summed E-state index contributed by atoms with van der Waals surface area (Å²) in [6.45, 7) is 5.95. The maximum Gasteiger partial charge on any atom is 0.0426 e. The van der Waals surface area contributed by atoms with Crippen LogP contribution in [-0.2, 0) is 13.1 Å². The lowest BCUT2D eigenvalue weighted by atomic mass is 10.1. The number of hydrogen-bond donors (Lipinski definition) is 1. The van der Waals surface area contributed by atoms with Gasteiger partial charge in [-0.1, -0.05) is 53.6 Å². The van der Waals surface area contributed by atoms with Gasteiger partial charge in [-0.3, -0.25) is 0 Å². The summed E-state index contributed by atoms with van der Waals surface area (Å²) < 4.78 is 0. The van der Waals surface area contributed by atoms with E-state index in [1.165, 1.54) is 33.2 Å². The second kappa shape index (κ2) is 8.38. The predicted octanol–water partition coefficient (Wildman–Crippen LogP) is 5.05. The van der Waals surface area contributed by atoms with E-state index in [9.17, 15) is 0 Å². The highest BCUT2D eigenvalue weighted by atomic mass is 31.0. The molecule has 1 atom stereocenters. The summed E-state index contributed by atoms with van der Waals surface area (Å²) in [5.41, 5.74) is 7.60. The predicted molar refractivity (Wildman–Crippen MR) is 118 cm³/mol. The first-order valence-electron chi connectivity index (χ1n) is 8.97. The van der Waals surface area contributed by atoms with Crippen LogP contribution in [0, 0.1) is 13.8 Å². The van der Waals surface area contributed by atoms with Crippen LogP contribution in [0.2, 0.25) is 0 Å². The third kappa shape index (κ3) is 4.86. The monoisotopic (exact) mass is 362 g/mol. The fourth-order valence-corrected chi connectivity index (χ4v) is 3.23. The molecule has 3 heteroatoms. The average Bonchev–Trinajstić information content (AvgIpc) is 2.64. The Morgan fingerprint density at radius 3 is 2.12 bits per heavy atom. The van der Waals surface area contributed by atoms with Gasteiger partial charge in [0, 0.05) is 31.5 Å². The van der Waals surface area contributed by atoms with Gasteiger partial charge in [0.25, 0.3) is 0 Å². The van der Waals surface area contributed by atoms with Crippen molar-refractivity contribution in [1.82, 2.24) is 0 Å². The van der Waals surface area contributed by atoms with Crippen molar-refractivity contribution in [2.45, 2.75) is 26.9 Å². The van der Waals surface area contributed by atoms with Crippen molar-refractivity contribution in [2.75, 3.05) is 17.3 Å². The van der Waals surface area contributed by atoms with Crippen molar-refractivity contribution in [3.05, 3.63) is 89.0 Å². The topological polar surface area (TPSA) is 15.3 Å². The zero-order valence-electron chi connectivity index (χ0n) is 15.8. The van der Waals surface area contributed by atoms with E-state index in [2.05, 4.69) is 107 Å². The largest absolute Gasteiger partial charge is 0.381 e. The molecule has 3 aromatic carbocycles. The highest BCUT2D eigenvalue weighted by Gasteiger charge is 2.05. The van der Waals surface area contributed by atoms with Crippen LogP contribution in [0.5, 0.6) is 0 Å². The number of anilines is 2. The summed E-state index contributed by atoms with van der Waals surface area (Å²) in [4.78, 5) is 2.29. The molecular formula is C23H27N2P. The molecule has 0 saturated heterocycles. The van der Waals surface area contributed by atoms with Gasteiger partial charge in [-0.05, 0) is 54.5 Å². The van der Waals surface area contributed by atoms with Crippen molar-refractivity contribution in [3.8, 4) is 0 Å². The molecular weight excluding hydrogens is 335 g/mol. The molecule has 0 bridgehead atoms. The summed E-state index contributed by atoms with van der Waals surface area (Å²) in [7, 11) is 4.99. The summed E-state index contributed by atoms with van der Waals surface area (Å²) in [6.07, 6.45) is 0. The molecule has 134 valence electrons. The Kier molecular flexibility index (Phi) is 5.96. The van der Waals surface area contributed by atoms with Crippen LogP contribution in [0.1, 0.15) is 22.3 Å². The van der Waals surface area contributed by atoms with Gasteiger partial charge in [-0.25, -0.2) is 0 Å². The fourth-order valence-electron chi connectivity index (χ4n) is 2.94. The Bertz CT molecular complexity index is 854. The van der Waals surface area contributed by atoms with Crippen molar-refractivity contribution >= 4 is 25.9 Å².